The summed E-state index contributed by atoms with van der Waals surface area (Å²) in [7, 11) is 0. The topological polar surface area (TPSA) is 30.2 Å². The summed E-state index contributed by atoms with van der Waals surface area (Å²) in [4.78, 5) is 10.2. The minimum Gasteiger partial charge on any atom is -0.291 e. The molecule has 0 spiro atoms. The SMILES string of the molecule is c1ccc(-c2ccc3c(c2)sc2c3cc3c4nc5ccccc5nc4n4c5ccccc5c2c34)cc1. The zero-order valence-corrected chi connectivity index (χ0v) is 19.9. The van der Waals surface area contributed by atoms with Crippen molar-refractivity contribution in [2.75, 3.05) is 0 Å². The van der Waals surface area contributed by atoms with Crippen LogP contribution in [0.15, 0.2) is 103 Å². The molecule has 9 aromatic rings. The minimum atomic E-state index is 0.927. The van der Waals surface area contributed by atoms with Gasteiger partial charge in [0.05, 0.1) is 22.1 Å². The third-order valence-corrected chi connectivity index (χ3v) is 8.69. The molecule has 4 aromatic heterocycles. The first kappa shape index (κ1) is 18.7. The lowest BCUT2D eigenvalue weighted by molar-refractivity contribution is 1.28. The Kier molecular flexibility index (Phi) is 3.42. The first-order chi connectivity index (χ1) is 17.8. The van der Waals surface area contributed by atoms with Gasteiger partial charge in [-0.2, -0.15) is 0 Å². The summed E-state index contributed by atoms with van der Waals surface area (Å²) < 4.78 is 4.97. The van der Waals surface area contributed by atoms with Crippen LogP contribution in [0.25, 0.3) is 80.7 Å². The van der Waals surface area contributed by atoms with Gasteiger partial charge >= 0.3 is 0 Å². The number of thiophene rings is 1. The quantitative estimate of drug-likeness (QED) is 0.237. The lowest BCUT2D eigenvalue weighted by Gasteiger charge is -2.01. The average molecular weight is 476 g/mol. The summed E-state index contributed by atoms with van der Waals surface area (Å²) in [6.45, 7) is 0. The van der Waals surface area contributed by atoms with E-state index >= 15 is 0 Å². The van der Waals surface area contributed by atoms with E-state index in [1.165, 1.54) is 58.5 Å². The van der Waals surface area contributed by atoms with Crippen molar-refractivity contribution in [3.8, 4) is 11.1 Å². The smallest absolute Gasteiger partial charge is 0.165 e. The predicted molar refractivity (Wildman–Crippen MR) is 153 cm³/mol. The van der Waals surface area contributed by atoms with E-state index in [1.807, 2.05) is 29.5 Å². The standard InChI is InChI=1S/C32H17N3S/c1-2-8-18(9-3-1)19-14-15-20-22-17-23-29-32(34-25-12-6-5-11-24(25)33-29)35-26-13-7-4-10-21(26)28(30(23)35)31(22)36-27(20)16-19/h1-17H. The second-order valence-electron chi connectivity index (χ2n) is 9.44. The van der Waals surface area contributed by atoms with Crippen molar-refractivity contribution in [2.24, 2.45) is 0 Å². The van der Waals surface area contributed by atoms with Gasteiger partial charge in [0.25, 0.3) is 0 Å². The van der Waals surface area contributed by atoms with E-state index in [4.69, 9.17) is 9.97 Å². The number of fused-ring (bicyclic) bond motifs is 11. The molecule has 166 valence electrons. The lowest BCUT2D eigenvalue weighted by Crippen LogP contribution is -1.88. The molecule has 36 heavy (non-hydrogen) atoms. The number of rotatable bonds is 1. The van der Waals surface area contributed by atoms with Crippen molar-refractivity contribution in [3.63, 3.8) is 0 Å². The molecular formula is C32H17N3S. The van der Waals surface area contributed by atoms with E-state index in [-0.39, 0.29) is 0 Å². The maximum absolute atomic E-state index is 5.12. The van der Waals surface area contributed by atoms with Crippen LogP contribution >= 0.6 is 11.3 Å². The van der Waals surface area contributed by atoms with E-state index in [1.54, 1.807) is 0 Å². The Balaban J connectivity index is 1.50. The molecule has 0 fully saturated rings. The molecule has 0 bridgehead atoms. The van der Waals surface area contributed by atoms with E-state index in [2.05, 4.69) is 89.3 Å². The second kappa shape index (κ2) is 6.56. The second-order valence-corrected chi connectivity index (χ2v) is 10.5. The monoisotopic (exact) mass is 475 g/mol. The van der Waals surface area contributed by atoms with Crippen molar-refractivity contribution >= 4 is 80.9 Å². The van der Waals surface area contributed by atoms with E-state index in [9.17, 15) is 0 Å². The van der Waals surface area contributed by atoms with Crippen LogP contribution in [0, 0.1) is 0 Å². The molecule has 0 amide bonds. The molecule has 0 N–H and O–H groups in total. The molecule has 0 aliphatic rings. The van der Waals surface area contributed by atoms with Gasteiger partial charge < -0.3 is 0 Å². The van der Waals surface area contributed by atoms with Gasteiger partial charge in [-0.25, -0.2) is 9.97 Å². The van der Waals surface area contributed by atoms with Crippen LogP contribution in [-0.2, 0) is 0 Å². The Labute approximate surface area is 209 Å². The average Bonchev–Trinajstić information content (AvgIpc) is 3.57. The van der Waals surface area contributed by atoms with Crippen molar-refractivity contribution in [1.29, 1.82) is 0 Å². The number of aromatic nitrogens is 3. The van der Waals surface area contributed by atoms with Crippen LogP contribution in [0.5, 0.6) is 0 Å². The number of hydrogen-bond acceptors (Lipinski definition) is 3. The Bertz CT molecular complexity index is 2310. The number of nitrogens with zero attached hydrogens (tertiary/aromatic N) is 3. The first-order valence-electron chi connectivity index (χ1n) is 12.1. The summed E-state index contributed by atoms with van der Waals surface area (Å²) in [6, 6.07) is 36.7. The van der Waals surface area contributed by atoms with E-state index < -0.39 is 0 Å². The Morgan fingerprint density at radius 2 is 1.36 bits per heavy atom. The van der Waals surface area contributed by atoms with Gasteiger partial charge in [-0.3, -0.25) is 4.40 Å². The van der Waals surface area contributed by atoms with Crippen molar-refractivity contribution in [2.45, 2.75) is 0 Å². The highest BCUT2D eigenvalue weighted by Gasteiger charge is 2.23. The minimum absolute atomic E-state index is 0.927. The van der Waals surface area contributed by atoms with Gasteiger partial charge in [0.15, 0.2) is 5.65 Å². The third kappa shape index (κ3) is 2.27. The van der Waals surface area contributed by atoms with Crippen molar-refractivity contribution < 1.29 is 0 Å². The predicted octanol–water partition coefficient (Wildman–Crippen LogP) is 8.81. The molecule has 9 rings (SSSR count). The van der Waals surface area contributed by atoms with Gasteiger partial charge in [0.2, 0.25) is 0 Å². The van der Waals surface area contributed by atoms with Crippen LogP contribution < -0.4 is 0 Å². The van der Waals surface area contributed by atoms with Crippen LogP contribution in [0.3, 0.4) is 0 Å². The van der Waals surface area contributed by atoms with Gasteiger partial charge in [-0.05, 0) is 41.5 Å². The first-order valence-corrected chi connectivity index (χ1v) is 12.9. The molecule has 0 aliphatic heterocycles. The third-order valence-electron chi connectivity index (χ3n) is 7.50. The molecular weight excluding hydrogens is 458 g/mol. The summed E-state index contributed by atoms with van der Waals surface area (Å²) in [5.41, 5.74) is 8.68. The van der Waals surface area contributed by atoms with Crippen LogP contribution in [0.4, 0.5) is 0 Å². The number of benzene rings is 5. The highest BCUT2D eigenvalue weighted by molar-refractivity contribution is 7.26. The molecule has 0 radical (unpaired) electrons. The highest BCUT2D eigenvalue weighted by Crippen LogP contribution is 2.47. The molecule has 0 unspecified atom stereocenters. The van der Waals surface area contributed by atoms with Gasteiger partial charge in [0, 0.05) is 36.3 Å². The summed E-state index contributed by atoms with van der Waals surface area (Å²) in [5, 5.41) is 6.35. The van der Waals surface area contributed by atoms with Crippen molar-refractivity contribution in [1.82, 2.24) is 14.4 Å². The molecule has 0 saturated heterocycles. The fourth-order valence-electron chi connectivity index (χ4n) is 5.92. The van der Waals surface area contributed by atoms with Gasteiger partial charge in [-0.1, -0.05) is 72.8 Å². The van der Waals surface area contributed by atoms with Gasteiger partial charge in [0.1, 0.15) is 5.52 Å². The van der Waals surface area contributed by atoms with Crippen LogP contribution in [0.1, 0.15) is 0 Å². The maximum atomic E-state index is 5.12. The molecule has 0 saturated carbocycles. The fourth-order valence-corrected chi connectivity index (χ4v) is 7.20. The van der Waals surface area contributed by atoms with E-state index in [0.717, 1.165) is 22.2 Å². The normalized spacial score (nSPS) is 12.4. The summed E-state index contributed by atoms with van der Waals surface area (Å²) in [5.74, 6) is 0. The highest BCUT2D eigenvalue weighted by atomic mass is 32.1. The van der Waals surface area contributed by atoms with Crippen molar-refractivity contribution in [3.05, 3.63) is 103 Å². The van der Waals surface area contributed by atoms with E-state index in [0.29, 0.717) is 0 Å². The number of hydrogen-bond donors (Lipinski definition) is 0. The zero-order valence-electron chi connectivity index (χ0n) is 19.1. The largest absolute Gasteiger partial charge is 0.291 e. The fraction of sp³-hybridized carbons (Fsp3) is 0. The summed E-state index contributed by atoms with van der Waals surface area (Å²) in [6.07, 6.45) is 0. The molecule has 3 nitrogen and oxygen atoms in total. The molecule has 4 heteroatoms. The molecule has 5 aromatic carbocycles. The van der Waals surface area contributed by atoms with Crippen LogP contribution in [-0.4, -0.2) is 14.4 Å². The lowest BCUT2D eigenvalue weighted by atomic mass is 10.0. The van der Waals surface area contributed by atoms with Crippen LogP contribution in [0.2, 0.25) is 0 Å². The molecule has 0 atom stereocenters. The Morgan fingerprint density at radius 3 is 2.25 bits per heavy atom. The number of para-hydroxylation sites is 3. The molecule has 4 heterocycles. The maximum Gasteiger partial charge on any atom is 0.165 e. The zero-order chi connectivity index (χ0) is 23.4. The molecule has 0 aliphatic carbocycles. The Morgan fingerprint density at radius 1 is 0.583 bits per heavy atom. The summed E-state index contributed by atoms with van der Waals surface area (Å²) >= 11 is 1.89. The Hall–Kier alpha value is -4.54. The van der Waals surface area contributed by atoms with Gasteiger partial charge in [-0.15, -0.1) is 11.3 Å².